The highest BCUT2D eigenvalue weighted by Gasteiger charge is 2.07. The van der Waals surface area contributed by atoms with E-state index in [1.165, 1.54) is 5.56 Å². The molecule has 1 heterocycles. The highest BCUT2D eigenvalue weighted by molar-refractivity contribution is 9.10. The molecule has 4 heteroatoms. The summed E-state index contributed by atoms with van der Waals surface area (Å²) in [5, 5.41) is 4.09. The first-order valence-electron chi connectivity index (χ1n) is 5.29. The Morgan fingerprint density at radius 3 is 2.59 bits per heavy atom. The Morgan fingerprint density at radius 1 is 1.24 bits per heavy atom. The summed E-state index contributed by atoms with van der Waals surface area (Å²) in [6, 6.07) is 11.8. The van der Waals surface area contributed by atoms with Crippen LogP contribution in [-0.4, -0.2) is 4.98 Å². The molecule has 0 aliphatic carbocycles. The van der Waals surface area contributed by atoms with E-state index in [2.05, 4.69) is 33.2 Å². The van der Waals surface area contributed by atoms with E-state index in [0.29, 0.717) is 0 Å². The molecule has 2 aromatic rings. The lowest BCUT2D eigenvalue weighted by Gasteiger charge is -2.15. The van der Waals surface area contributed by atoms with Crippen LogP contribution in [0.2, 0.25) is 5.02 Å². The number of hydrogen-bond acceptors (Lipinski definition) is 2. The van der Waals surface area contributed by atoms with Gasteiger partial charge in [-0.05, 0) is 52.7 Å². The quantitative estimate of drug-likeness (QED) is 0.891. The molecule has 0 aliphatic heterocycles. The van der Waals surface area contributed by atoms with E-state index in [0.717, 1.165) is 15.3 Å². The average Bonchev–Trinajstić information content (AvgIpc) is 2.33. The van der Waals surface area contributed by atoms with Crippen molar-refractivity contribution in [1.82, 2.24) is 4.98 Å². The largest absolute Gasteiger partial charge is 0.363 e. The molecule has 0 bridgehead atoms. The minimum Gasteiger partial charge on any atom is -0.363 e. The van der Waals surface area contributed by atoms with Crippen molar-refractivity contribution < 1.29 is 0 Å². The SMILES string of the molecule is CC(Nc1ncccc1Br)c1ccc(Cl)cc1. The van der Waals surface area contributed by atoms with Gasteiger partial charge in [-0.1, -0.05) is 23.7 Å². The number of nitrogens with zero attached hydrogens (tertiary/aromatic N) is 1. The van der Waals surface area contributed by atoms with Gasteiger partial charge in [0, 0.05) is 17.3 Å². The number of aromatic nitrogens is 1. The predicted molar refractivity (Wildman–Crippen MR) is 75.4 cm³/mol. The van der Waals surface area contributed by atoms with Crippen molar-refractivity contribution in [3.05, 3.63) is 57.7 Å². The van der Waals surface area contributed by atoms with Crippen LogP contribution >= 0.6 is 27.5 Å². The first kappa shape index (κ1) is 12.4. The van der Waals surface area contributed by atoms with E-state index >= 15 is 0 Å². The average molecular weight is 312 g/mol. The summed E-state index contributed by atoms with van der Waals surface area (Å²) < 4.78 is 0.959. The van der Waals surface area contributed by atoms with Gasteiger partial charge in [-0.3, -0.25) is 0 Å². The third-order valence-corrected chi connectivity index (χ3v) is 3.37. The van der Waals surface area contributed by atoms with Gasteiger partial charge in [-0.25, -0.2) is 4.98 Å². The van der Waals surface area contributed by atoms with Crippen LogP contribution < -0.4 is 5.32 Å². The Bertz CT molecular complexity index is 499. The van der Waals surface area contributed by atoms with Crippen LogP contribution in [0.3, 0.4) is 0 Å². The topological polar surface area (TPSA) is 24.9 Å². The molecule has 0 saturated carbocycles. The summed E-state index contributed by atoms with van der Waals surface area (Å²) in [5.41, 5.74) is 1.17. The van der Waals surface area contributed by atoms with Gasteiger partial charge < -0.3 is 5.32 Å². The molecule has 1 atom stereocenters. The van der Waals surface area contributed by atoms with Gasteiger partial charge in [0.25, 0.3) is 0 Å². The van der Waals surface area contributed by atoms with E-state index in [1.54, 1.807) is 6.20 Å². The number of halogens is 2. The lowest BCUT2D eigenvalue weighted by Crippen LogP contribution is -2.08. The molecule has 0 aliphatic rings. The summed E-state index contributed by atoms with van der Waals surface area (Å²) in [6.45, 7) is 2.09. The molecule has 2 rings (SSSR count). The minimum atomic E-state index is 0.179. The second-order valence-electron chi connectivity index (χ2n) is 3.75. The maximum absolute atomic E-state index is 5.86. The van der Waals surface area contributed by atoms with Crippen molar-refractivity contribution in [2.75, 3.05) is 5.32 Å². The minimum absolute atomic E-state index is 0.179. The molecular formula is C13H12BrClN2. The normalized spacial score (nSPS) is 12.2. The number of nitrogens with one attached hydrogen (secondary N) is 1. The van der Waals surface area contributed by atoms with E-state index in [4.69, 9.17) is 11.6 Å². The Morgan fingerprint density at radius 2 is 1.94 bits per heavy atom. The number of pyridine rings is 1. The van der Waals surface area contributed by atoms with Gasteiger partial charge in [0.2, 0.25) is 0 Å². The Labute approximate surface area is 114 Å². The number of anilines is 1. The second-order valence-corrected chi connectivity index (χ2v) is 5.04. The summed E-state index contributed by atoms with van der Waals surface area (Å²) in [5.74, 6) is 0.843. The van der Waals surface area contributed by atoms with Crippen molar-refractivity contribution >= 4 is 33.3 Å². The van der Waals surface area contributed by atoms with Crippen LogP contribution in [0.1, 0.15) is 18.5 Å². The molecule has 1 N–H and O–H groups in total. The third-order valence-electron chi connectivity index (χ3n) is 2.48. The second kappa shape index (κ2) is 5.52. The standard InChI is InChI=1S/C13H12BrClN2/c1-9(10-4-6-11(15)7-5-10)17-13-12(14)3-2-8-16-13/h2-9H,1H3,(H,16,17). The van der Waals surface area contributed by atoms with Crippen LogP contribution in [-0.2, 0) is 0 Å². The number of benzene rings is 1. The molecule has 1 aromatic carbocycles. The van der Waals surface area contributed by atoms with Gasteiger partial charge in [-0.15, -0.1) is 0 Å². The van der Waals surface area contributed by atoms with Crippen molar-refractivity contribution in [1.29, 1.82) is 0 Å². The maximum atomic E-state index is 5.86. The van der Waals surface area contributed by atoms with E-state index in [1.807, 2.05) is 36.4 Å². The molecule has 2 nitrogen and oxygen atoms in total. The molecule has 1 unspecified atom stereocenters. The van der Waals surface area contributed by atoms with Gasteiger partial charge in [0.05, 0.1) is 4.47 Å². The van der Waals surface area contributed by atoms with Crippen LogP contribution in [0.5, 0.6) is 0 Å². The molecule has 17 heavy (non-hydrogen) atoms. The van der Waals surface area contributed by atoms with E-state index < -0.39 is 0 Å². The van der Waals surface area contributed by atoms with Crippen LogP contribution in [0, 0.1) is 0 Å². The maximum Gasteiger partial charge on any atom is 0.140 e. The van der Waals surface area contributed by atoms with Gasteiger partial charge in [0.15, 0.2) is 0 Å². The zero-order valence-corrected chi connectivity index (χ0v) is 11.7. The number of hydrogen-bond donors (Lipinski definition) is 1. The van der Waals surface area contributed by atoms with Crippen molar-refractivity contribution in [3.63, 3.8) is 0 Å². The fraction of sp³-hybridized carbons (Fsp3) is 0.154. The van der Waals surface area contributed by atoms with E-state index in [-0.39, 0.29) is 6.04 Å². The first-order chi connectivity index (χ1) is 8.16. The summed E-state index contributed by atoms with van der Waals surface area (Å²) >= 11 is 9.32. The first-order valence-corrected chi connectivity index (χ1v) is 6.46. The highest BCUT2D eigenvalue weighted by atomic mass is 79.9. The lowest BCUT2D eigenvalue weighted by atomic mass is 10.1. The van der Waals surface area contributed by atoms with Gasteiger partial charge in [-0.2, -0.15) is 0 Å². The number of rotatable bonds is 3. The molecule has 0 spiro atoms. The van der Waals surface area contributed by atoms with Crippen LogP contribution in [0.4, 0.5) is 5.82 Å². The predicted octanol–water partition coefficient (Wildman–Crippen LogP) is 4.67. The molecule has 88 valence electrons. The summed E-state index contributed by atoms with van der Waals surface area (Å²) in [7, 11) is 0. The molecule has 0 radical (unpaired) electrons. The zero-order valence-electron chi connectivity index (χ0n) is 9.32. The van der Waals surface area contributed by atoms with Crippen molar-refractivity contribution in [2.45, 2.75) is 13.0 Å². The monoisotopic (exact) mass is 310 g/mol. The zero-order chi connectivity index (χ0) is 12.3. The molecular weight excluding hydrogens is 300 g/mol. The van der Waals surface area contributed by atoms with Crippen LogP contribution in [0.25, 0.3) is 0 Å². The van der Waals surface area contributed by atoms with E-state index in [9.17, 15) is 0 Å². The fourth-order valence-electron chi connectivity index (χ4n) is 1.53. The Balaban J connectivity index is 2.14. The third kappa shape index (κ3) is 3.20. The molecule has 0 amide bonds. The molecule has 0 fully saturated rings. The lowest BCUT2D eigenvalue weighted by molar-refractivity contribution is 0.873. The Hall–Kier alpha value is -1.06. The smallest absolute Gasteiger partial charge is 0.140 e. The van der Waals surface area contributed by atoms with Crippen molar-refractivity contribution in [3.8, 4) is 0 Å². The summed E-state index contributed by atoms with van der Waals surface area (Å²) in [6.07, 6.45) is 1.77. The van der Waals surface area contributed by atoms with Gasteiger partial charge >= 0.3 is 0 Å². The van der Waals surface area contributed by atoms with Crippen molar-refractivity contribution in [2.24, 2.45) is 0 Å². The van der Waals surface area contributed by atoms with Crippen LogP contribution in [0.15, 0.2) is 47.1 Å². The highest BCUT2D eigenvalue weighted by Crippen LogP contribution is 2.24. The fourth-order valence-corrected chi connectivity index (χ4v) is 2.03. The molecule has 0 saturated heterocycles. The summed E-state index contributed by atoms with van der Waals surface area (Å²) in [4.78, 5) is 4.28. The molecule has 1 aromatic heterocycles. The Kier molecular flexibility index (Phi) is 4.02. The van der Waals surface area contributed by atoms with Gasteiger partial charge in [0.1, 0.15) is 5.82 Å².